The average Bonchev–Trinajstić information content (AvgIpc) is 3.14. The van der Waals surface area contributed by atoms with Crippen LogP contribution in [0, 0.1) is 6.57 Å². The Balaban J connectivity index is 1.87. The topological polar surface area (TPSA) is 23.4 Å². The molecule has 0 saturated heterocycles. The third kappa shape index (κ3) is 2.56. The molecule has 1 aromatic carbocycles. The third-order valence-electron chi connectivity index (χ3n) is 5.00. The van der Waals surface area contributed by atoms with Crippen LogP contribution in [0.2, 0.25) is 0 Å². The summed E-state index contributed by atoms with van der Waals surface area (Å²) in [6.45, 7) is 14.0. The van der Waals surface area contributed by atoms with Crippen molar-refractivity contribution >= 4 is 16.6 Å². The Morgan fingerprint density at radius 2 is 2.10 bits per heavy atom. The summed E-state index contributed by atoms with van der Waals surface area (Å²) in [7, 11) is 0. The van der Waals surface area contributed by atoms with Gasteiger partial charge < -0.3 is 9.88 Å². The number of H-pyrrole nitrogens is 1. The number of benzene rings is 1. The van der Waals surface area contributed by atoms with Gasteiger partial charge in [-0.3, -0.25) is 0 Å². The van der Waals surface area contributed by atoms with Crippen LogP contribution in [0.4, 0.5) is 5.69 Å². The summed E-state index contributed by atoms with van der Waals surface area (Å²) in [5.74, 6) is 0.630. The van der Waals surface area contributed by atoms with Crippen molar-refractivity contribution in [2.75, 3.05) is 13.1 Å². The molecule has 2 unspecified atom stereocenters. The van der Waals surface area contributed by atoms with E-state index in [2.05, 4.69) is 34.8 Å². The zero-order chi connectivity index (χ0) is 14.8. The molecule has 1 N–H and O–H groups in total. The third-order valence-corrected chi connectivity index (χ3v) is 5.00. The lowest BCUT2D eigenvalue weighted by Gasteiger charge is -2.26. The maximum atomic E-state index is 7.20. The van der Waals surface area contributed by atoms with E-state index in [1.807, 2.05) is 18.2 Å². The number of rotatable bonds is 4. The van der Waals surface area contributed by atoms with Gasteiger partial charge in [-0.2, -0.15) is 0 Å². The van der Waals surface area contributed by atoms with Crippen molar-refractivity contribution in [1.29, 1.82) is 0 Å². The molecule has 3 rings (SSSR count). The first-order valence-corrected chi connectivity index (χ1v) is 7.99. The van der Waals surface area contributed by atoms with Gasteiger partial charge in [-0.25, -0.2) is 4.85 Å². The first-order valence-electron chi connectivity index (χ1n) is 7.99. The summed E-state index contributed by atoms with van der Waals surface area (Å²) in [5.41, 5.74) is 3.30. The fourth-order valence-electron chi connectivity index (χ4n) is 3.85. The van der Waals surface area contributed by atoms with Gasteiger partial charge in [0.1, 0.15) is 0 Å². The van der Waals surface area contributed by atoms with Crippen molar-refractivity contribution in [2.45, 2.75) is 45.1 Å². The molecule has 1 aliphatic rings. The lowest BCUT2D eigenvalue weighted by Crippen LogP contribution is -2.32. The van der Waals surface area contributed by atoms with Crippen molar-refractivity contribution in [3.05, 3.63) is 41.4 Å². The SMILES string of the molecule is [C-]#[N+]c1ccc2[nH]cc(C3CCC(N(CC)CC)C3)c2c1. The van der Waals surface area contributed by atoms with Crippen LogP contribution in [-0.4, -0.2) is 29.0 Å². The van der Waals surface area contributed by atoms with E-state index in [9.17, 15) is 0 Å². The second-order valence-corrected chi connectivity index (χ2v) is 5.97. The minimum atomic E-state index is 0.630. The monoisotopic (exact) mass is 281 g/mol. The molecule has 110 valence electrons. The summed E-state index contributed by atoms with van der Waals surface area (Å²) in [6.07, 6.45) is 5.96. The lowest BCUT2D eigenvalue weighted by atomic mass is 9.96. The molecule has 0 aliphatic heterocycles. The van der Waals surface area contributed by atoms with Gasteiger partial charge in [0.15, 0.2) is 5.69 Å². The fraction of sp³-hybridized carbons (Fsp3) is 0.500. The molecule has 0 bridgehead atoms. The number of hydrogen-bond acceptors (Lipinski definition) is 1. The number of hydrogen-bond donors (Lipinski definition) is 1. The largest absolute Gasteiger partial charge is 0.361 e. The van der Waals surface area contributed by atoms with Gasteiger partial charge in [0.25, 0.3) is 0 Å². The second kappa shape index (κ2) is 5.91. The standard InChI is InChI=1S/C18H23N3/c1-4-21(5-2)15-8-6-13(10-15)17-12-20-18-9-7-14(19-3)11-16(17)18/h7,9,11-13,15,20H,4-6,8,10H2,1-2H3. The minimum absolute atomic E-state index is 0.630. The highest BCUT2D eigenvalue weighted by Gasteiger charge is 2.30. The predicted molar refractivity (Wildman–Crippen MR) is 87.9 cm³/mol. The molecule has 2 atom stereocenters. The Morgan fingerprint density at radius 3 is 2.81 bits per heavy atom. The zero-order valence-electron chi connectivity index (χ0n) is 12.9. The van der Waals surface area contributed by atoms with Gasteiger partial charge in [0, 0.05) is 17.8 Å². The molecular weight excluding hydrogens is 258 g/mol. The van der Waals surface area contributed by atoms with E-state index in [4.69, 9.17) is 6.57 Å². The van der Waals surface area contributed by atoms with Crippen molar-refractivity contribution in [3.63, 3.8) is 0 Å². The van der Waals surface area contributed by atoms with E-state index in [1.165, 1.54) is 30.2 Å². The van der Waals surface area contributed by atoms with E-state index in [0.717, 1.165) is 30.3 Å². The minimum Gasteiger partial charge on any atom is -0.361 e. The lowest BCUT2D eigenvalue weighted by molar-refractivity contribution is 0.219. The zero-order valence-corrected chi connectivity index (χ0v) is 12.9. The van der Waals surface area contributed by atoms with Crippen LogP contribution in [-0.2, 0) is 0 Å². The van der Waals surface area contributed by atoms with Crippen molar-refractivity contribution in [2.24, 2.45) is 0 Å². The van der Waals surface area contributed by atoms with E-state index < -0.39 is 0 Å². The molecule has 0 radical (unpaired) electrons. The summed E-state index contributed by atoms with van der Waals surface area (Å²) in [4.78, 5) is 9.52. The molecule has 1 saturated carbocycles. The smallest absolute Gasteiger partial charge is 0.187 e. The number of aromatic nitrogens is 1. The number of nitrogens with zero attached hydrogens (tertiary/aromatic N) is 2. The molecular formula is C18H23N3. The molecule has 2 aromatic rings. The highest BCUT2D eigenvalue weighted by Crippen LogP contribution is 2.40. The summed E-state index contributed by atoms with van der Waals surface area (Å²) < 4.78 is 0. The van der Waals surface area contributed by atoms with Crippen molar-refractivity contribution in [3.8, 4) is 0 Å². The fourth-order valence-corrected chi connectivity index (χ4v) is 3.85. The molecule has 1 aromatic heterocycles. The van der Waals surface area contributed by atoms with Gasteiger partial charge in [-0.15, -0.1) is 0 Å². The summed E-state index contributed by atoms with van der Waals surface area (Å²) in [6, 6.07) is 6.68. The summed E-state index contributed by atoms with van der Waals surface area (Å²) in [5, 5.41) is 1.24. The summed E-state index contributed by atoms with van der Waals surface area (Å²) >= 11 is 0. The first kappa shape index (κ1) is 14.2. The van der Waals surface area contributed by atoms with Crippen LogP contribution in [0.1, 0.15) is 44.6 Å². The van der Waals surface area contributed by atoms with Crippen LogP contribution < -0.4 is 0 Å². The average molecular weight is 281 g/mol. The molecule has 3 nitrogen and oxygen atoms in total. The van der Waals surface area contributed by atoms with Gasteiger partial charge in [-0.1, -0.05) is 19.9 Å². The first-order chi connectivity index (χ1) is 10.3. The van der Waals surface area contributed by atoms with Gasteiger partial charge in [0.05, 0.1) is 6.57 Å². The Kier molecular flexibility index (Phi) is 3.98. The van der Waals surface area contributed by atoms with Crippen LogP contribution in [0.15, 0.2) is 24.4 Å². The van der Waals surface area contributed by atoms with Crippen LogP contribution in [0.25, 0.3) is 15.7 Å². The molecule has 21 heavy (non-hydrogen) atoms. The predicted octanol–water partition coefficient (Wildman–Crippen LogP) is 4.70. The normalized spacial score (nSPS) is 22.0. The van der Waals surface area contributed by atoms with E-state index in [1.54, 1.807) is 0 Å². The maximum Gasteiger partial charge on any atom is 0.187 e. The number of aromatic amines is 1. The maximum absolute atomic E-state index is 7.20. The number of fused-ring (bicyclic) bond motifs is 1. The second-order valence-electron chi connectivity index (χ2n) is 5.97. The van der Waals surface area contributed by atoms with Crippen molar-refractivity contribution < 1.29 is 0 Å². The molecule has 0 spiro atoms. The molecule has 1 heterocycles. The Bertz CT molecular complexity index is 661. The Hall–Kier alpha value is -1.79. The van der Waals surface area contributed by atoms with Gasteiger partial charge in [-0.05, 0) is 61.4 Å². The van der Waals surface area contributed by atoms with Crippen LogP contribution >= 0.6 is 0 Å². The van der Waals surface area contributed by atoms with Crippen molar-refractivity contribution in [1.82, 2.24) is 9.88 Å². The highest BCUT2D eigenvalue weighted by molar-refractivity contribution is 5.87. The van der Waals surface area contributed by atoms with Crippen LogP contribution in [0.3, 0.4) is 0 Å². The quantitative estimate of drug-likeness (QED) is 0.807. The van der Waals surface area contributed by atoms with E-state index in [0.29, 0.717) is 5.92 Å². The molecule has 1 fully saturated rings. The Morgan fingerprint density at radius 1 is 1.29 bits per heavy atom. The van der Waals surface area contributed by atoms with Gasteiger partial charge >= 0.3 is 0 Å². The van der Waals surface area contributed by atoms with Gasteiger partial charge in [0.2, 0.25) is 0 Å². The highest BCUT2D eigenvalue weighted by atomic mass is 15.1. The van der Waals surface area contributed by atoms with Crippen LogP contribution in [0.5, 0.6) is 0 Å². The van der Waals surface area contributed by atoms with E-state index >= 15 is 0 Å². The molecule has 1 aliphatic carbocycles. The molecule has 0 amide bonds. The number of nitrogens with one attached hydrogen (secondary N) is 1. The molecule has 3 heteroatoms. The Labute approximate surface area is 126 Å². The van der Waals surface area contributed by atoms with E-state index in [-0.39, 0.29) is 0 Å².